The Morgan fingerprint density at radius 1 is 1.11 bits per heavy atom. The van der Waals surface area contributed by atoms with Gasteiger partial charge >= 0.3 is 6.61 Å². The average molecular weight is 391 g/mol. The molecule has 28 heavy (non-hydrogen) atoms. The number of methoxy groups -OCH3 is 1. The van der Waals surface area contributed by atoms with Crippen LogP contribution in [0.4, 0.5) is 14.5 Å². The number of aromatic nitrogens is 2. The van der Waals surface area contributed by atoms with Crippen LogP contribution in [0.25, 0.3) is 11.4 Å². The minimum atomic E-state index is -2.94. The van der Waals surface area contributed by atoms with Gasteiger partial charge in [-0.15, -0.1) is 0 Å². The number of ether oxygens (including phenoxy) is 3. The lowest BCUT2D eigenvalue weighted by atomic mass is 10.2. The number of hydrogen-bond acceptors (Lipinski definition) is 7. The van der Waals surface area contributed by atoms with Gasteiger partial charge in [-0.2, -0.15) is 13.8 Å². The van der Waals surface area contributed by atoms with Gasteiger partial charge < -0.3 is 24.1 Å². The molecule has 0 saturated carbocycles. The first kappa shape index (κ1) is 19.4. The molecule has 0 unspecified atom stereocenters. The summed E-state index contributed by atoms with van der Waals surface area (Å²) in [6, 6.07) is 11.9. The van der Waals surface area contributed by atoms with Crippen molar-refractivity contribution in [3.63, 3.8) is 0 Å². The van der Waals surface area contributed by atoms with Crippen LogP contribution < -0.4 is 19.5 Å². The summed E-state index contributed by atoms with van der Waals surface area (Å²) in [5, 5.41) is 7.08. The van der Waals surface area contributed by atoms with Crippen LogP contribution in [-0.2, 0) is 6.54 Å². The SMILES string of the molecule is CCOc1ccc(NCc2nc(-c3ccc(OC(F)F)c(OC)c3)no2)cc1. The monoisotopic (exact) mass is 391 g/mol. The minimum Gasteiger partial charge on any atom is -0.494 e. The summed E-state index contributed by atoms with van der Waals surface area (Å²) in [7, 11) is 1.36. The van der Waals surface area contributed by atoms with Crippen molar-refractivity contribution in [1.82, 2.24) is 10.1 Å². The van der Waals surface area contributed by atoms with Crippen molar-refractivity contribution in [2.75, 3.05) is 19.0 Å². The van der Waals surface area contributed by atoms with Gasteiger partial charge in [-0.05, 0) is 49.4 Å². The Kier molecular flexibility index (Phi) is 6.25. The van der Waals surface area contributed by atoms with Crippen LogP contribution in [0.2, 0.25) is 0 Å². The molecule has 1 aromatic heterocycles. The van der Waals surface area contributed by atoms with E-state index >= 15 is 0 Å². The van der Waals surface area contributed by atoms with E-state index in [2.05, 4.69) is 20.2 Å². The van der Waals surface area contributed by atoms with Gasteiger partial charge in [-0.25, -0.2) is 0 Å². The number of benzene rings is 2. The van der Waals surface area contributed by atoms with E-state index in [1.165, 1.54) is 19.2 Å². The fraction of sp³-hybridized carbons (Fsp3) is 0.263. The van der Waals surface area contributed by atoms with Gasteiger partial charge in [0.05, 0.1) is 20.3 Å². The van der Waals surface area contributed by atoms with E-state index in [-0.39, 0.29) is 11.5 Å². The van der Waals surface area contributed by atoms with E-state index in [1.807, 2.05) is 31.2 Å². The van der Waals surface area contributed by atoms with Crippen molar-refractivity contribution >= 4 is 5.69 Å². The first-order chi connectivity index (χ1) is 13.6. The molecule has 0 aliphatic heterocycles. The minimum absolute atomic E-state index is 0.0675. The average Bonchev–Trinajstić information content (AvgIpc) is 3.16. The van der Waals surface area contributed by atoms with Crippen LogP contribution in [0.1, 0.15) is 12.8 Å². The number of halogens is 2. The summed E-state index contributed by atoms with van der Waals surface area (Å²) in [5.74, 6) is 1.56. The first-order valence-corrected chi connectivity index (χ1v) is 8.51. The molecular formula is C19H19F2N3O4. The predicted molar refractivity (Wildman–Crippen MR) is 97.9 cm³/mol. The number of nitrogens with zero attached hydrogens (tertiary/aromatic N) is 2. The summed E-state index contributed by atoms with van der Waals surface area (Å²) in [6.45, 7) is -0.0819. The lowest BCUT2D eigenvalue weighted by Gasteiger charge is -2.10. The lowest BCUT2D eigenvalue weighted by Crippen LogP contribution is -2.03. The molecule has 0 atom stereocenters. The summed E-state index contributed by atoms with van der Waals surface area (Å²) in [5.41, 5.74) is 1.42. The van der Waals surface area contributed by atoms with Crippen LogP contribution in [-0.4, -0.2) is 30.5 Å². The molecule has 9 heteroatoms. The Bertz CT molecular complexity index is 900. The van der Waals surface area contributed by atoms with Crippen molar-refractivity contribution in [3.05, 3.63) is 48.4 Å². The Morgan fingerprint density at radius 3 is 2.57 bits per heavy atom. The van der Waals surface area contributed by atoms with E-state index in [0.29, 0.717) is 30.4 Å². The molecule has 7 nitrogen and oxygen atoms in total. The molecule has 3 rings (SSSR count). The highest BCUT2D eigenvalue weighted by Gasteiger charge is 2.14. The largest absolute Gasteiger partial charge is 0.494 e. The second-order valence-corrected chi connectivity index (χ2v) is 5.57. The zero-order valence-corrected chi connectivity index (χ0v) is 15.3. The number of anilines is 1. The summed E-state index contributed by atoms with van der Waals surface area (Å²) < 4.78 is 44.9. The highest BCUT2D eigenvalue weighted by atomic mass is 19.3. The Balaban J connectivity index is 1.66. The van der Waals surface area contributed by atoms with Gasteiger partial charge in [0.15, 0.2) is 11.5 Å². The first-order valence-electron chi connectivity index (χ1n) is 8.51. The second kappa shape index (κ2) is 9.03. The van der Waals surface area contributed by atoms with E-state index in [0.717, 1.165) is 11.4 Å². The van der Waals surface area contributed by atoms with Crippen LogP contribution in [0.3, 0.4) is 0 Å². The maximum absolute atomic E-state index is 12.4. The third-order valence-corrected chi connectivity index (χ3v) is 3.72. The fourth-order valence-electron chi connectivity index (χ4n) is 2.46. The van der Waals surface area contributed by atoms with Gasteiger partial charge in [-0.1, -0.05) is 5.16 Å². The van der Waals surface area contributed by atoms with E-state index in [9.17, 15) is 8.78 Å². The smallest absolute Gasteiger partial charge is 0.387 e. The molecule has 0 amide bonds. The van der Waals surface area contributed by atoms with Crippen LogP contribution in [0.15, 0.2) is 47.0 Å². The van der Waals surface area contributed by atoms with Crippen molar-refractivity contribution in [2.24, 2.45) is 0 Å². The normalized spacial score (nSPS) is 10.8. The molecule has 0 spiro atoms. The van der Waals surface area contributed by atoms with Crippen molar-refractivity contribution < 1.29 is 27.5 Å². The van der Waals surface area contributed by atoms with Gasteiger partial charge in [0.2, 0.25) is 11.7 Å². The number of alkyl halides is 2. The molecule has 3 aromatic rings. The summed E-state index contributed by atoms with van der Waals surface area (Å²) in [4.78, 5) is 4.30. The molecule has 2 aromatic carbocycles. The highest BCUT2D eigenvalue weighted by molar-refractivity contribution is 5.60. The van der Waals surface area contributed by atoms with Crippen LogP contribution in [0, 0.1) is 0 Å². The van der Waals surface area contributed by atoms with Crippen molar-refractivity contribution in [3.8, 4) is 28.6 Å². The molecule has 1 N–H and O–H groups in total. The van der Waals surface area contributed by atoms with Gasteiger partial charge in [-0.3, -0.25) is 0 Å². The molecule has 0 bridgehead atoms. The topological polar surface area (TPSA) is 78.6 Å². The standard InChI is InChI=1S/C19H19F2N3O4/c1-3-26-14-7-5-13(6-8-14)22-11-17-23-18(24-28-17)12-4-9-15(27-19(20)21)16(10-12)25-2/h4-10,19,22H,3,11H2,1-2H3. The molecule has 1 heterocycles. The summed E-state index contributed by atoms with van der Waals surface area (Å²) in [6.07, 6.45) is 0. The van der Waals surface area contributed by atoms with E-state index in [4.69, 9.17) is 14.0 Å². The van der Waals surface area contributed by atoms with E-state index < -0.39 is 6.61 Å². The lowest BCUT2D eigenvalue weighted by molar-refractivity contribution is -0.0512. The van der Waals surface area contributed by atoms with Crippen LogP contribution in [0.5, 0.6) is 17.2 Å². The molecule has 0 radical (unpaired) electrons. The molecule has 0 saturated heterocycles. The van der Waals surface area contributed by atoms with E-state index in [1.54, 1.807) is 6.07 Å². The summed E-state index contributed by atoms with van der Waals surface area (Å²) >= 11 is 0. The maximum Gasteiger partial charge on any atom is 0.387 e. The zero-order chi connectivity index (χ0) is 19.9. The fourth-order valence-corrected chi connectivity index (χ4v) is 2.46. The van der Waals surface area contributed by atoms with Gasteiger partial charge in [0.25, 0.3) is 0 Å². The maximum atomic E-state index is 12.4. The Morgan fingerprint density at radius 2 is 1.89 bits per heavy atom. The Labute approximate surface area is 160 Å². The predicted octanol–water partition coefficient (Wildman–Crippen LogP) is 4.36. The number of rotatable bonds is 9. The Hall–Kier alpha value is -3.36. The zero-order valence-electron chi connectivity index (χ0n) is 15.3. The molecule has 148 valence electrons. The molecule has 0 fully saturated rings. The van der Waals surface area contributed by atoms with Crippen molar-refractivity contribution in [2.45, 2.75) is 20.1 Å². The second-order valence-electron chi connectivity index (χ2n) is 5.57. The highest BCUT2D eigenvalue weighted by Crippen LogP contribution is 2.32. The van der Waals surface area contributed by atoms with Gasteiger partial charge in [0.1, 0.15) is 5.75 Å². The third kappa shape index (κ3) is 4.87. The number of nitrogens with one attached hydrogen (secondary N) is 1. The van der Waals surface area contributed by atoms with Gasteiger partial charge in [0, 0.05) is 11.3 Å². The quantitative estimate of drug-likeness (QED) is 0.581. The molecule has 0 aliphatic carbocycles. The molecular weight excluding hydrogens is 372 g/mol. The number of hydrogen-bond donors (Lipinski definition) is 1. The molecule has 0 aliphatic rings. The van der Waals surface area contributed by atoms with Crippen LogP contribution >= 0.6 is 0 Å². The third-order valence-electron chi connectivity index (χ3n) is 3.72. The van der Waals surface area contributed by atoms with Crippen molar-refractivity contribution in [1.29, 1.82) is 0 Å².